The molecule has 0 N–H and O–H groups in total. The standard InChI is InChI=1S/C48H30N2O/c1-2-13-31(14-3-1)34-27-35(39-22-12-24-42-41-21-8-9-26-46(41)51-47(39)42)29-36(28-34)44-30-45(40-23-10-17-32-15-4-6-19-37(32)40)50-48(49-44)43-25-11-18-33-16-5-7-20-38(33)43/h1-30H. The van der Waals surface area contributed by atoms with Gasteiger partial charge in [0, 0.05) is 33.0 Å². The van der Waals surface area contributed by atoms with Crippen molar-refractivity contribution in [1.29, 1.82) is 0 Å². The number of aromatic nitrogens is 2. The summed E-state index contributed by atoms with van der Waals surface area (Å²) in [5.74, 6) is 0.693. The van der Waals surface area contributed by atoms with Crippen LogP contribution in [0.5, 0.6) is 0 Å². The molecule has 0 bridgehead atoms. The summed E-state index contributed by atoms with van der Waals surface area (Å²) in [5.41, 5.74) is 10.9. The van der Waals surface area contributed by atoms with E-state index in [0.29, 0.717) is 5.82 Å². The van der Waals surface area contributed by atoms with Gasteiger partial charge in [0.1, 0.15) is 11.2 Å². The van der Waals surface area contributed by atoms with E-state index < -0.39 is 0 Å². The minimum Gasteiger partial charge on any atom is -0.455 e. The molecule has 0 radical (unpaired) electrons. The van der Waals surface area contributed by atoms with Crippen molar-refractivity contribution in [2.24, 2.45) is 0 Å². The fraction of sp³-hybridized carbons (Fsp3) is 0. The van der Waals surface area contributed by atoms with E-state index in [9.17, 15) is 0 Å². The van der Waals surface area contributed by atoms with Gasteiger partial charge in [-0.1, -0.05) is 152 Å². The monoisotopic (exact) mass is 650 g/mol. The Hall–Kier alpha value is -6.84. The molecular weight excluding hydrogens is 621 g/mol. The number of hydrogen-bond acceptors (Lipinski definition) is 3. The number of fused-ring (bicyclic) bond motifs is 5. The zero-order chi connectivity index (χ0) is 33.7. The molecule has 0 fully saturated rings. The van der Waals surface area contributed by atoms with E-state index in [2.05, 4.69) is 170 Å². The van der Waals surface area contributed by atoms with Crippen molar-refractivity contribution in [2.75, 3.05) is 0 Å². The van der Waals surface area contributed by atoms with Crippen LogP contribution in [-0.4, -0.2) is 9.97 Å². The molecule has 10 aromatic rings. The summed E-state index contributed by atoms with van der Waals surface area (Å²) in [6, 6.07) is 63.9. The second kappa shape index (κ2) is 11.9. The summed E-state index contributed by atoms with van der Waals surface area (Å²) in [6.07, 6.45) is 0. The highest BCUT2D eigenvalue weighted by atomic mass is 16.3. The summed E-state index contributed by atoms with van der Waals surface area (Å²) < 4.78 is 6.54. The second-order valence-corrected chi connectivity index (χ2v) is 13.0. The van der Waals surface area contributed by atoms with Crippen molar-refractivity contribution in [3.8, 4) is 56.2 Å². The third-order valence-corrected chi connectivity index (χ3v) is 9.87. The maximum atomic E-state index is 6.54. The van der Waals surface area contributed by atoms with Gasteiger partial charge < -0.3 is 4.42 Å². The Labute approximate surface area is 295 Å². The van der Waals surface area contributed by atoms with E-state index in [0.717, 1.165) is 88.4 Å². The minimum absolute atomic E-state index is 0.693. The van der Waals surface area contributed by atoms with Crippen molar-refractivity contribution in [1.82, 2.24) is 9.97 Å². The lowest BCUT2D eigenvalue weighted by Crippen LogP contribution is -1.97. The molecule has 0 aliphatic heterocycles. The van der Waals surface area contributed by atoms with Crippen molar-refractivity contribution < 1.29 is 4.42 Å². The number of nitrogens with zero attached hydrogens (tertiary/aromatic N) is 2. The average Bonchev–Trinajstić information content (AvgIpc) is 3.59. The molecule has 0 atom stereocenters. The van der Waals surface area contributed by atoms with Gasteiger partial charge >= 0.3 is 0 Å². The van der Waals surface area contributed by atoms with Gasteiger partial charge in [0.2, 0.25) is 0 Å². The molecule has 2 aromatic heterocycles. The van der Waals surface area contributed by atoms with Crippen LogP contribution in [0.15, 0.2) is 186 Å². The Morgan fingerprint density at radius 3 is 1.69 bits per heavy atom. The normalized spacial score (nSPS) is 11.5. The van der Waals surface area contributed by atoms with Crippen LogP contribution in [0.2, 0.25) is 0 Å². The van der Waals surface area contributed by atoms with E-state index >= 15 is 0 Å². The average molecular weight is 651 g/mol. The van der Waals surface area contributed by atoms with Crippen LogP contribution in [-0.2, 0) is 0 Å². The van der Waals surface area contributed by atoms with Gasteiger partial charge in [-0.25, -0.2) is 9.97 Å². The van der Waals surface area contributed by atoms with Crippen molar-refractivity contribution in [3.05, 3.63) is 182 Å². The van der Waals surface area contributed by atoms with E-state index in [4.69, 9.17) is 14.4 Å². The molecule has 3 nitrogen and oxygen atoms in total. The third kappa shape index (κ3) is 5.06. The zero-order valence-electron chi connectivity index (χ0n) is 27.6. The molecule has 10 rings (SSSR count). The van der Waals surface area contributed by atoms with Crippen LogP contribution in [0.25, 0.3) is 99.6 Å². The molecule has 0 aliphatic carbocycles. The molecule has 0 aliphatic rings. The molecule has 238 valence electrons. The molecule has 0 saturated carbocycles. The van der Waals surface area contributed by atoms with Crippen LogP contribution in [0, 0.1) is 0 Å². The van der Waals surface area contributed by atoms with Crippen LogP contribution in [0.4, 0.5) is 0 Å². The maximum absolute atomic E-state index is 6.54. The Morgan fingerprint density at radius 2 is 0.882 bits per heavy atom. The quantitative estimate of drug-likeness (QED) is 0.186. The first-order valence-electron chi connectivity index (χ1n) is 17.2. The highest BCUT2D eigenvalue weighted by molar-refractivity contribution is 6.10. The number of rotatable bonds is 5. The van der Waals surface area contributed by atoms with Gasteiger partial charge in [-0.3, -0.25) is 0 Å². The molecule has 0 amide bonds. The smallest absolute Gasteiger partial charge is 0.161 e. The topological polar surface area (TPSA) is 38.9 Å². The predicted octanol–water partition coefficient (Wildman–Crippen LogP) is 13.0. The highest BCUT2D eigenvalue weighted by Gasteiger charge is 2.18. The number of furan rings is 1. The van der Waals surface area contributed by atoms with E-state index in [-0.39, 0.29) is 0 Å². The Bertz CT molecular complexity index is 2810. The minimum atomic E-state index is 0.693. The summed E-state index contributed by atoms with van der Waals surface area (Å²) in [5, 5.41) is 6.83. The van der Waals surface area contributed by atoms with Crippen molar-refractivity contribution in [2.45, 2.75) is 0 Å². The summed E-state index contributed by atoms with van der Waals surface area (Å²) in [4.78, 5) is 10.7. The molecule has 3 heteroatoms. The van der Waals surface area contributed by atoms with Gasteiger partial charge in [0.15, 0.2) is 5.82 Å². The first kappa shape index (κ1) is 29.1. The SMILES string of the molecule is c1ccc(-c2cc(-c3cc(-c4cccc5ccccc45)nc(-c4cccc5ccccc45)n3)cc(-c3cccc4c3oc3ccccc34)c2)cc1. The van der Waals surface area contributed by atoms with E-state index in [1.54, 1.807) is 0 Å². The summed E-state index contributed by atoms with van der Waals surface area (Å²) in [7, 11) is 0. The highest BCUT2D eigenvalue weighted by Crippen LogP contribution is 2.40. The third-order valence-electron chi connectivity index (χ3n) is 9.87. The van der Waals surface area contributed by atoms with Crippen LogP contribution in [0.3, 0.4) is 0 Å². The summed E-state index contributed by atoms with van der Waals surface area (Å²) in [6.45, 7) is 0. The molecular formula is C48H30N2O. The summed E-state index contributed by atoms with van der Waals surface area (Å²) >= 11 is 0. The fourth-order valence-electron chi connectivity index (χ4n) is 7.43. The zero-order valence-corrected chi connectivity index (χ0v) is 27.6. The van der Waals surface area contributed by atoms with Crippen LogP contribution in [0.1, 0.15) is 0 Å². The Kier molecular flexibility index (Phi) is 6.81. The van der Waals surface area contributed by atoms with Gasteiger partial charge in [0.05, 0.1) is 11.4 Å². The van der Waals surface area contributed by atoms with E-state index in [1.807, 2.05) is 12.1 Å². The fourth-order valence-corrected chi connectivity index (χ4v) is 7.43. The molecule has 0 saturated heterocycles. The molecule has 0 unspecified atom stereocenters. The van der Waals surface area contributed by atoms with Gasteiger partial charge in [-0.05, 0) is 68.6 Å². The lowest BCUT2D eigenvalue weighted by atomic mass is 9.93. The molecule has 2 heterocycles. The largest absolute Gasteiger partial charge is 0.455 e. The Balaban J connectivity index is 1.26. The molecule has 8 aromatic carbocycles. The number of hydrogen-bond donors (Lipinski definition) is 0. The van der Waals surface area contributed by atoms with E-state index in [1.165, 1.54) is 5.39 Å². The van der Waals surface area contributed by atoms with Crippen molar-refractivity contribution in [3.63, 3.8) is 0 Å². The van der Waals surface area contributed by atoms with Crippen molar-refractivity contribution >= 4 is 43.5 Å². The number of para-hydroxylation sites is 2. The lowest BCUT2D eigenvalue weighted by Gasteiger charge is -2.15. The Morgan fingerprint density at radius 1 is 0.333 bits per heavy atom. The van der Waals surface area contributed by atoms with Crippen LogP contribution >= 0.6 is 0 Å². The molecule has 51 heavy (non-hydrogen) atoms. The maximum Gasteiger partial charge on any atom is 0.161 e. The lowest BCUT2D eigenvalue weighted by molar-refractivity contribution is 0.670. The first-order chi connectivity index (χ1) is 25.3. The first-order valence-corrected chi connectivity index (χ1v) is 17.2. The van der Waals surface area contributed by atoms with Gasteiger partial charge in [0.25, 0.3) is 0 Å². The van der Waals surface area contributed by atoms with Crippen LogP contribution < -0.4 is 0 Å². The molecule has 0 spiro atoms. The second-order valence-electron chi connectivity index (χ2n) is 13.0. The predicted molar refractivity (Wildman–Crippen MR) is 212 cm³/mol. The van der Waals surface area contributed by atoms with Gasteiger partial charge in [-0.2, -0.15) is 0 Å². The van der Waals surface area contributed by atoms with Gasteiger partial charge in [-0.15, -0.1) is 0 Å². The number of benzene rings is 8.